The molecule has 24 heavy (non-hydrogen) atoms. The van der Waals surface area contributed by atoms with Crippen LogP contribution >= 0.6 is 12.6 Å². The number of thiol groups is 1. The highest BCUT2D eigenvalue weighted by molar-refractivity contribution is 7.80. The van der Waals surface area contributed by atoms with Gasteiger partial charge in [0.2, 0.25) is 0 Å². The summed E-state index contributed by atoms with van der Waals surface area (Å²) in [6, 6.07) is 6.33. The van der Waals surface area contributed by atoms with Crippen LogP contribution < -0.4 is 0 Å². The summed E-state index contributed by atoms with van der Waals surface area (Å²) in [6.45, 7) is 3.49. The molecule has 0 N–H and O–H groups in total. The molecular formula is C17H20FN5S. The standard InChI is InChI=1S/C17H20FN5S/c1-12-13(10-22(3)20-12)9-21(2)11-16-8-19-17(24)23(16)15-6-4-14(18)5-7-15/h4-8,10H,9,11H2,1-3H3,(H,19,24). The smallest absolute Gasteiger partial charge is 0.169 e. The lowest BCUT2D eigenvalue weighted by Crippen LogP contribution is -2.19. The maximum absolute atomic E-state index is 13.2. The number of aromatic nitrogens is 4. The van der Waals surface area contributed by atoms with Crippen LogP contribution in [0, 0.1) is 12.7 Å². The molecule has 126 valence electrons. The number of rotatable bonds is 5. The molecule has 0 spiro atoms. The molecule has 1 aromatic carbocycles. The summed E-state index contributed by atoms with van der Waals surface area (Å²) in [5, 5.41) is 4.96. The van der Waals surface area contributed by atoms with Crippen molar-refractivity contribution in [3.63, 3.8) is 0 Å². The minimum atomic E-state index is -0.259. The number of benzene rings is 1. The molecule has 3 rings (SSSR count). The minimum Gasteiger partial charge on any atom is -0.296 e. The van der Waals surface area contributed by atoms with E-state index in [9.17, 15) is 4.39 Å². The van der Waals surface area contributed by atoms with Gasteiger partial charge >= 0.3 is 0 Å². The van der Waals surface area contributed by atoms with Crippen LogP contribution in [0.5, 0.6) is 0 Å². The van der Waals surface area contributed by atoms with Gasteiger partial charge in [0.25, 0.3) is 0 Å². The number of hydrogen-bond donors (Lipinski definition) is 1. The highest BCUT2D eigenvalue weighted by Gasteiger charge is 2.13. The number of aryl methyl sites for hydroxylation is 2. The van der Waals surface area contributed by atoms with Crippen molar-refractivity contribution in [1.29, 1.82) is 0 Å². The third-order valence-corrected chi connectivity index (χ3v) is 4.20. The summed E-state index contributed by atoms with van der Waals surface area (Å²) in [7, 11) is 3.97. The van der Waals surface area contributed by atoms with Crippen LogP contribution in [0.2, 0.25) is 0 Å². The third kappa shape index (κ3) is 3.52. The van der Waals surface area contributed by atoms with E-state index >= 15 is 0 Å². The Kier molecular flexibility index (Phi) is 4.73. The average Bonchev–Trinajstić information content (AvgIpc) is 3.03. The van der Waals surface area contributed by atoms with Crippen LogP contribution in [0.15, 0.2) is 41.8 Å². The molecule has 2 aromatic heterocycles. The summed E-state index contributed by atoms with van der Waals surface area (Å²) in [6.07, 6.45) is 3.84. The van der Waals surface area contributed by atoms with E-state index in [-0.39, 0.29) is 5.82 Å². The Morgan fingerprint density at radius 1 is 1.21 bits per heavy atom. The number of halogens is 1. The van der Waals surface area contributed by atoms with Crippen LogP contribution in [0.25, 0.3) is 5.69 Å². The largest absolute Gasteiger partial charge is 0.296 e. The van der Waals surface area contributed by atoms with Crippen LogP contribution in [0.3, 0.4) is 0 Å². The normalized spacial score (nSPS) is 11.4. The molecule has 2 heterocycles. The van der Waals surface area contributed by atoms with E-state index in [1.165, 1.54) is 17.7 Å². The first-order valence-electron chi connectivity index (χ1n) is 7.63. The van der Waals surface area contributed by atoms with E-state index in [0.717, 1.165) is 23.6 Å². The summed E-state index contributed by atoms with van der Waals surface area (Å²) in [4.78, 5) is 6.48. The van der Waals surface area contributed by atoms with Crippen molar-refractivity contribution in [2.24, 2.45) is 7.05 Å². The van der Waals surface area contributed by atoms with E-state index < -0.39 is 0 Å². The molecule has 0 radical (unpaired) electrons. The van der Waals surface area contributed by atoms with Gasteiger partial charge in [-0.25, -0.2) is 9.37 Å². The van der Waals surface area contributed by atoms with Crippen LogP contribution in [-0.4, -0.2) is 31.3 Å². The molecule has 0 atom stereocenters. The van der Waals surface area contributed by atoms with Crippen molar-refractivity contribution in [3.05, 3.63) is 59.4 Å². The van der Waals surface area contributed by atoms with Crippen LogP contribution in [0.4, 0.5) is 4.39 Å². The zero-order valence-electron chi connectivity index (χ0n) is 13.9. The second-order valence-electron chi connectivity index (χ2n) is 5.95. The molecular weight excluding hydrogens is 325 g/mol. The Morgan fingerprint density at radius 2 is 1.92 bits per heavy atom. The Bertz CT molecular complexity index is 837. The molecule has 3 aromatic rings. The number of hydrogen-bond acceptors (Lipinski definition) is 4. The molecule has 0 aliphatic rings. The van der Waals surface area contributed by atoms with Crippen LogP contribution in [-0.2, 0) is 20.1 Å². The van der Waals surface area contributed by atoms with Gasteiger partial charge in [-0.2, -0.15) is 5.10 Å². The maximum Gasteiger partial charge on any atom is 0.169 e. The molecule has 0 amide bonds. The van der Waals surface area contributed by atoms with Gasteiger partial charge in [-0.05, 0) is 38.2 Å². The van der Waals surface area contributed by atoms with Gasteiger partial charge < -0.3 is 0 Å². The lowest BCUT2D eigenvalue weighted by molar-refractivity contribution is 0.312. The van der Waals surface area contributed by atoms with E-state index in [0.29, 0.717) is 11.7 Å². The van der Waals surface area contributed by atoms with E-state index in [4.69, 9.17) is 0 Å². The molecule has 0 saturated carbocycles. The molecule has 0 aliphatic carbocycles. The lowest BCUT2D eigenvalue weighted by atomic mass is 10.2. The van der Waals surface area contributed by atoms with Crippen molar-refractivity contribution < 1.29 is 4.39 Å². The van der Waals surface area contributed by atoms with Crippen molar-refractivity contribution in [2.75, 3.05) is 7.05 Å². The predicted molar refractivity (Wildman–Crippen MR) is 93.9 cm³/mol. The number of imidazole rings is 1. The molecule has 5 nitrogen and oxygen atoms in total. The molecule has 0 fully saturated rings. The second kappa shape index (κ2) is 6.78. The zero-order valence-corrected chi connectivity index (χ0v) is 14.8. The fourth-order valence-electron chi connectivity index (χ4n) is 2.79. The SMILES string of the molecule is Cc1nn(C)cc1CN(C)Cc1cnc(S)n1-c1ccc(F)cc1. The summed E-state index contributed by atoms with van der Waals surface area (Å²) < 4.78 is 16.9. The summed E-state index contributed by atoms with van der Waals surface area (Å²) >= 11 is 4.42. The Labute approximate surface area is 146 Å². The topological polar surface area (TPSA) is 38.9 Å². The van der Waals surface area contributed by atoms with Crippen molar-refractivity contribution in [3.8, 4) is 5.69 Å². The van der Waals surface area contributed by atoms with E-state index in [1.54, 1.807) is 18.3 Å². The van der Waals surface area contributed by atoms with Crippen molar-refractivity contribution >= 4 is 12.6 Å². The third-order valence-electron chi connectivity index (χ3n) is 3.89. The molecule has 0 saturated heterocycles. The predicted octanol–water partition coefficient (Wildman–Crippen LogP) is 2.97. The first-order valence-corrected chi connectivity index (χ1v) is 8.08. The first-order chi connectivity index (χ1) is 11.4. The fourth-order valence-corrected chi connectivity index (χ4v) is 3.09. The van der Waals surface area contributed by atoms with Crippen LogP contribution in [0.1, 0.15) is 17.0 Å². The second-order valence-corrected chi connectivity index (χ2v) is 6.35. The average molecular weight is 345 g/mol. The number of nitrogens with zero attached hydrogens (tertiary/aromatic N) is 5. The van der Waals surface area contributed by atoms with Gasteiger partial charge in [0.1, 0.15) is 5.82 Å². The van der Waals surface area contributed by atoms with E-state index in [1.807, 2.05) is 36.5 Å². The monoisotopic (exact) mass is 345 g/mol. The van der Waals surface area contributed by atoms with Crippen molar-refractivity contribution in [2.45, 2.75) is 25.2 Å². The lowest BCUT2D eigenvalue weighted by Gasteiger charge is -2.18. The maximum atomic E-state index is 13.2. The molecule has 0 bridgehead atoms. The van der Waals surface area contributed by atoms with Gasteiger partial charge in [0.05, 0.1) is 17.6 Å². The first kappa shape index (κ1) is 16.7. The highest BCUT2D eigenvalue weighted by atomic mass is 32.1. The summed E-state index contributed by atoms with van der Waals surface area (Å²) in [5.74, 6) is -0.259. The zero-order chi connectivity index (χ0) is 17.3. The van der Waals surface area contributed by atoms with Crippen molar-refractivity contribution in [1.82, 2.24) is 24.2 Å². The molecule has 0 aliphatic heterocycles. The minimum absolute atomic E-state index is 0.259. The van der Waals surface area contributed by atoms with Gasteiger partial charge in [-0.3, -0.25) is 14.1 Å². The Hall–Kier alpha value is -2.12. The van der Waals surface area contributed by atoms with Gasteiger partial charge in [0, 0.05) is 37.6 Å². The molecule has 0 unspecified atom stereocenters. The van der Waals surface area contributed by atoms with Gasteiger partial charge in [-0.15, -0.1) is 12.6 Å². The van der Waals surface area contributed by atoms with Gasteiger partial charge in [0.15, 0.2) is 5.16 Å². The Morgan fingerprint density at radius 3 is 2.54 bits per heavy atom. The van der Waals surface area contributed by atoms with Gasteiger partial charge in [-0.1, -0.05) is 0 Å². The summed E-state index contributed by atoms with van der Waals surface area (Å²) in [5.41, 5.74) is 4.07. The van der Waals surface area contributed by atoms with E-state index in [2.05, 4.69) is 27.6 Å². The Balaban J connectivity index is 1.80. The fraction of sp³-hybridized carbons (Fsp3) is 0.294. The highest BCUT2D eigenvalue weighted by Crippen LogP contribution is 2.20. The quantitative estimate of drug-likeness (QED) is 0.723. The molecule has 7 heteroatoms.